The quantitative estimate of drug-likeness (QED) is 0.629. The average Bonchev–Trinajstić information content (AvgIpc) is 2.72. The Morgan fingerprint density at radius 1 is 1.00 bits per heavy atom. The Kier molecular flexibility index (Phi) is 6.64. The van der Waals surface area contributed by atoms with Gasteiger partial charge in [0.25, 0.3) is 11.5 Å². The van der Waals surface area contributed by atoms with Crippen molar-refractivity contribution in [1.29, 1.82) is 0 Å². The summed E-state index contributed by atoms with van der Waals surface area (Å²) >= 11 is 6.02. The summed E-state index contributed by atoms with van der Waals surface area (Å²) in [6.45, 7) is 3.97. The molecule has 0 saturated carbocycles. The van der Waals surface area contributed by atoms with E-state index in [1.165, 1.54) is 12.1 Å². The van der Waals surface area contributed by atoms with Gasteiger partial charge in [0.1, 0.15) is 5.69 Å². The first-order valence-electron chi connectivity index (χ1n) is 9.34. The first-order chi connectivity index (χ1) is 14.3. The number of nitrogens with one attached hydrogen (secondary N) is 2. The van der Waals surface area contributed by atoms with Gasteiger partial charge in [0.15, 0.2) is 0 Å². The van der Waals surface area contributed by atoms with Gasteiger partial charge in [0.05, 0.1) is 17.3 Å². The summed E-state index contributed by atoms with van der Waals surface area (Å²) < 4.78 is 1.10. The molecule has 0 aliphatic carbocycles. The summed E-state index contributed by atoms with van der Waals surface area (Å²) in [6, 6.07) is 15.1. The third kappa shape index (κ3) is 5.33. The fraction of sp³-hybridized carbons (Fsp3) is 0.182. The normalized spacial score (nSPS) is 10.5. The molecule has 0 saturated heterocycles. The van der Waals surface area contributed by atoms with E-state index in [0.717, 1.165) is 15.8 Å². The summed E-state index contributed by atoms with van der Waals surface area (Å²) in [4.78, 5) is 36.8. The molecule has 2 aromatic carbocycles. The molecule has 0 unspecified atom stereocenters. The molecule has 0 aliphatic rings. The maximum atomic E-state index is 12.5. The molecule has 0 spiro atoms. The first-order valence-corrected chi connectivity index (χ1v) is 9.72. The summed E-state index contributed by atoms with van der Waals surface area (Å²) in [6.07, 6.45) is 0.000356. The molecule has 3 rings (SSSR count). The standard InChI is InChI=1S/C22H21ClN4O3/c1-14-7-8-16(13-15(14)2)24-22(30)19-9-10-21(29)27(26-19)12-11-20(28)25-18-6-4-3-5-17(18)23/h3-10,13H,11-12H2,1-2H3,(H,24,30)(H,25,28). The Balaban J connectivity index is 1.66. The molecule has 2 N–H and O–H groups in total. The molecule has 8 heteroatoms. The number of halogens is 1. The van der Waals surface area contributed by atoms with Crippen molar-refractivity contribution in [1.82, 2.24) is 9.78 Å². The number of hydrogen-bond donors (Lipinski definition) is 2. The van der Waals surface area contributed by atoms with E-state index in [2.05, 4.69) is 15.7 Å². The lowest BCUT2D eigenvalue weighted by Gasteiger charge is -2.10. The third-order valence-electron chi connectivity index (χ3n) is 4.56. The van der Waals surface area contributed by atoms with E-state index in [1.54, 1.807) is 30.3 Å². The van der Waals surface area contributed by atoms with Crippen LogP contribution in [0.4, 0.5) is 11.4 Å². The highest BCUT2D eigenvalue weighted by atomic mass is 35.5. The Labute approximate surface area is 178 Å². The van der Waals surface area contributed by atoms with Gasteiger partial charge in [-0.2, -0.15) is 5.10 Å². The molecule has 154 valence electrons. The molecule has 30 heavy (non-hydrogen) atoms. The van der Waals surface area contributed by atoms with Crippen molar-refractivity contribution in [3.05, 3.63) is 86.8 Å². The lowest BCUT2D eigenvalue weighted by atomic mass is 10.1. The highest BCUT2D eigenvalue weighted by molar-refractivity contribution is 6.33. The monoisotopic (exact) mass is 424 g/mol. The van der Waals surface area contributed by atoms with Gasteiger partial charge >= 0.3 is 0 Å². The van der Waals surface area contributed by atoms with Crippen molar-refractivity contribution in [2.75, 3.05) is 10.6 Å². The summed E-state index contributed by atoms with van der Waals surface area (Å²) in [5.74, 6) is -0.755. The van der Waals surface area contributed by atoms with Crippen LogP contribution in [0.5, 0.6) is 0 Å². The zero-order valence-corrected chi connectivity index (χ0v) is 17.4. The van der Waals surface area contributed by atoms with E-state index in [4.69, 9.17) is 11.6 Å². The van der Waals surface area contributed by atoms with Crippen LogP contribution in [0.3, 0.4) is 0 Å². The molecule has 1 heterocycles. The number of aromatic nitrogens is 2. The number of benzene rings is 2. The van der Waals surface area contributed by atoms with E-state index in [0.29, 0.717) is 16.4 Å². The van der Waals surface area contributed by atoms with Gasteiger partial charge in [0.2, 0.25) is 5.91 Å². The fourth-order valence-corrected chi connectivity index (χ4v) is 2.91. The molecule has 7 nitrogen and oxygen atoms in total. The van der Waals surface area contributed by atoms with Gasteiger partial charge < -0.3 is 10.6 Å². The zero-order valence-electron chi connectivity index (χ0n) is 16.6. The number of rotatable bonds is 6. The van der Waals surface area contributed by atoms with E-state index in [1.807, 2.05) is 26.0 Å². The summed E-state index contributed by atoms with van der Waals surface area (Å²) in [5.41, 5.74) is 2.99. The number of anilines is 2. The van der Waals surface area contributed by atoms with Gasteiger partial charge in [-0.25, -0.2) is 4.68 Å². The second kappa shape index (κ2) is 9.37. The maximum Gasteiger partial charge on any atom is 0.276 e. The lowest BCUT2D eigenvalue weighted by Crippen LogP contribution is -2.28. The molecule has 0 bridgehead atoms. The van der Waals surface area contributed by atoms with Gasteiger partial charge in [-0.05, 0) is 55.3 Å². The van der Waals surface area contributed by atoms with Crippen molar-refractivity contribution in [2.45, 2.75) is 26.8 Å². The van der Waals surface area contributed by atoms with E-state index >= 15 is 0 Å². The molecule has 0 fully saturated rings. The van der Waals surface area contributed by atoms with Crippen LogP contribution in [0.25, 0.3) is 0 Å². The number of amides is 2. The van der Waals surface area contributed by atoms with Crippen LogP contribution in [0.1, 0.15) is 28.0 Å². The molecule has 0 aliphatic heterocycles. The molecule has 0 atom stereocenters. The maximum absolute atomic E-state index is 12.5. The smallest absolute Gasteiger partial charge is 0.276 e. The van der Waals surface area contributed by atoms with Crippen LogP contribution in [-0.2, 0) is 11.3 Å². The molecule has 1 aromatic heterocycles. The van der Waals surface area contributed by atoms with Gasteiger partial charge in [-0.3, -0.25) is 14.4 Å². The largest absolute Gasteiger partial charge is 0.325 e. The topological polar surface area (TPSA) is 93.1 Å². The minimum atomic E-state index is -0.437. The zero-order chi connectivity index (χ0) is 21.7. The van der Waals surface area contributed by atoms with Crippen LogP contribution in [0.2, 0.25) is 5.02 Å². The summed E-state index contributed by atoms with van der Waals surface area (Å²) in [7, 11) is 0. The number of carbonyl (C=O) groups is 2. The van der Waals surface area contributed by atoms with Crippen LogP contribution in [0, 0.1) is 13.8 Å². The van der Waals surface area contributed by atoms with Crippen molar-refractivity contribution in [3.63, 3.8) is 0 Å². The molecular weight excluding hydrogens is 404 g/mol. The van der Waals surface area contributed by atoms with E-state index in [9.17, 15) is 14.4 Å². The number of nitrogens with zero attached hydrogens (tertiary/aromatic N) is 2. The van der Waals surface area contributed by atoms with Gasteiger partial charge in [-0.15, -0.1) is 0 Å². The van der Waals surface area contributed by atoms with Crippen molar-refractivity contribution < 1.29 is 9.59 Å². The Morgan fingerprint density at radius 3 is 2.50 bits per heavy atom. The Bertz CT molecular complexity index is 1160. The van der Waals surface area contributed by atoms with Crippen molar-refractivity contribution in [3.8, 4) is 0 Å². The van der Waals surface area contributed by atoms with Gasteiger partial charge in [0, 0.05) is 18.2 Å². The Morgan fingerprint density at radius 2 is 1.77 bits per heavy atom. The lowest BCUT2D eigenvalue weighted by molar-refractivity contribution is -0.116. The number of carbonyl (C=O) groups excluding carboxylic acids is 2. The minimum Gasteiger partial charge on any atom is -0.325 e. The second-order valence-electron chi connectivity index (χ2n) is 6.81. The fourth-order valence-electron chi connectivity index (χ4n) is 2.73. The van der Waals surface area contributed by atoms with Crippen LogP contribution < -0.4 is 16.2 Å². The van der Waals surface area contributed by atoms with E-state index < -0.39 is 11.5 Å². The predicted octanol–water partition coefficient (Wildman–Crippen LogP) is 3.79. The van der Waals surface area contributed by atoms with Crippen molar-refractivity contribution >= 4 is 34.8 Å². The Hall–Kier alpha value is -3.45. The SMILES string of the molecule is Cc1ccc(NC(=O)c2ccc(=O)n(CCC(=O)Nc3ccccc3Cl)n2)cc1C. The van der Waals surface area contributed by atoms with Crippen LogP contribution in [0.15, 0.2) is 59.4 Å². The molecule has 3 aromatic rings. The first kappa shape index (κ1) is 21.3. The van der Waals surface area contributed by atoms with Crippen LogP contribution >= 0.6 is 11.6 Å². The number of aryl methyl sites for hydroxylation is 3. The highest BCUT2D eigenvalue weighted by Gasteiger charge is 2.12. The van der Waals surface area contributed by atoms with Gasteiger partial charge in [-0.1, -0.05) is 29.8 Å². The van der Waals surface area contributed by atoms with Crippen LogP contribution in [-0.4, -0.2) is 21.6 Å². The average molecular weight is 425 g/mol. The number of hydrogen-bond acceptors (Lipinski definition) is 4. The molecular formula is C22H21ClN4O3. The molecule has 2 amide bonds. The summed E-state index contributed by atoms with van der Waals surface area (Å²) in [5, 5.41) is 9.97. The number of para-hydroxylation sites is 1. The minimum absolute atomic E-state index is 0.000356. The van der Waals surface area contributed by atoms with Crippen molar-refractivity contribution in [2.24, 2.45) is 0 Å². The third-order valence-corrected chi connectivity index (χ3v) is 4.89. The van der Waals surface area contributed by atoms with E-state index in [-0.39, 0.29) is 24.6 Å². The predicted molar refractivity (Wildman–Crippen MR) is 117 cm³/mol. The second-order valence-corrected chi connectivity index (χ2v) is 7.22. The molecule has 0 radical (unpaired) electrons. The highest BCUT2D eigenvalue weighted by Crippen LogP contribution is 2.20.